The summed E-state index contributed by atoms with van der Waals surface area (Å²) >= 11 is 0. The molecule has 0 N–H and O–H groups in total. The van der Waals surface area contributed by atoms with E-state index < -0.39 is 0 Å². The summed E-state index contributed by atoms with van der Waals surface area (Å²) < 4.78 is 5.67. The lowest BCUT2D eigenvalue weighted by atomic mass is 9.93. The highest BCUT2D eigenvalue weighted by atomic mass is 16.5. The van der Waals surface area contributed by atoms with E-state index in [1.807, 2.05) is 32.1 Å². The first-order valence-corrected chi connectivity index (χ1v) is 6.13. The van der Waals surface area contributed by atoms with Crippen LogP contribution in [0.4, 0.5) is 0 Å². The molecule has 0 bridgehead atoms. The molecule has 2 rings (SSSR count). The number of ether oxygens (including phenoxy) is 1. The van der Waals surface area contributed by atoms with E-state index in [1.165, 1.54) is 11.1 Å². The zero-order valence-corrected chi connectivity index (χ0v) is 10.4. The van der Waals surface area contributed by atoms with Gasteiger partial charge in [0, 0.05) is 12.8 Å². The molecule has 0 spiro atoms. The van der Waals surface area contributed by atoms with Crippen molar-refractivity contribution < 1.29 is 9.53 Å². The Morgan fingerprint density at radius 2 is 2.06 bits per heavy atom. The lowest BCUT2D eigenvalue weighted by Gasteiger charge is -2.15. The van der Waals surface area contributed by atoms with E-state index in [4.69, 9.17) is 4.74 Å². The summed E-state index contributed by atoms with van der Waals surface area (Å²) in [5.41, 5.74) is 2.44. The number of carbonyl (C=O) groups excluding carboxylic acids is 1. The normalized spacial score (nSPS) is 15.9. The molecule has 0 aliphatic heterocycles. The van der Waals surface area contributed by atoms with Gasteiger partial charge in [0.15, 0.2) is 0 Å². The minimum Gasteiger partial charge on any atom is -0.491 e. The van der Waals surface area contributed by atoms with Crippen LogP contribution in [0.25, 0.3) is 5.57 Å². The first kappa shape index (κ1) is 11.9. The fourth-order valence-corrected chi connectivity index (χ4v) is 2.02. The molecule has 1 aliphatic rings. The molecule has 0 saturated heterocycles. The molecular formula is C15H18O2. The molecule has 0 saturated carbocycles. The van der Waals surface area contributed by atoms with Gasteiger partial charge in [0.2, 0.25) is 0 Å². The Kier molecular flexibility index (Phi) is 3.62. The molecule has 1 aliphatic carbocycles. The fourth-order valence-electron chi connectivity index (χ4n) is 2.02. The second-order valence-corrected chi connectivity index (χ2v) is 4.67. The molecule has 2 heteroatoms. The molecular weight excluding hydrogens is 212 g/mol. The van der Waals surface area contributed by atoms with Crippen LogP contribution < -0.4 is 4.74 Å². The van der Waals surface area contributed by atoms with Gasteiger partial charge < -0.3 is 4.74 Å². The smallest absolute Gasteiger partial charge is 0.137 e. The van der Waals surface area contributed by atoms with E-state index in [1.54, 1.807) is 0 Å². The van der Waals surface area contributed by atoms with Crippen LogP contribution in [0.3, 0.4) is 0 Å². The Morgan fingerprint density at radius 3 is 2.71 bits per heavy atom. The summed E-state index contributed by atoms with van der Waals surface area (Å²) in [4.78, 5) is 11.2. The first-order valence-electron chi connectivity index (χ1n) is 6.13. The molecule has 0 radical (unpaired) electrons. The minimum absolute atomic E-state index is 0.187. The van der Waals surface area contributed by atoms with E-state index in [2.05, 4.69) is 12.1 Å². The zero-order chi connectivity index (χ0) is 12.3. The number of ketones is 1. The molecule has 1 aromatic carbocycles. The second-order valence-electron chi connectivity index (χ2n) is 4.67. The van der Waals surface area contributed by atoms with Crippen molar-refractivity contribution in [1.82, 2.24) is 0 Å². The molecule has 0 heterocycles. The number of benzene rings is 1. The molecule has 0 atom stereocenters. The summed E-state index contributed by atoms with van der Waals surface area (Å²) in [5, 5.41) is 0. The topological polar surface area (TPSA) is 26.3 Å². The summed E-state index contributed by atoms with van der Waals surface area (Å²) in [6.45, 7) is 4.04. The van der Waals surface area contributed by atoms with Gasteiger partial charge >= 0.3 is 0 Å². The molecule has 0 unspecified atom stereocenters. The third-order valence-electron chi connectivity index (χ3n) is 2.83. The van der Waals surface area contributed by atoms with Crippen LogP contribution in [0, 0.1) is 0 Å². The van der Waals surface area contributed by atoms with Crippen molar-refractivity contribution in [2.75, 3.05) is 0 Å². The standard InChI is InChI=1S/C15H18O2/c1-11(2)17-15-5-3-4-13(10-15)12-6-8-14(16)9-7-12/h3-6,10-11H,7-9H2,1-2H3. The SMILES string of the molecule is CC(C)Oc1cccc(C2=CCC(=O)CC2)c1. The van der Waals surface area contributed by atoms with Crippen molar-refractivity contribution in [3.63, 3.8) is 0 Å². The Balaban J connectivity index is 2.18. The van der Waals surface area contributed by atoms with Crippen LogP contribution >= 0.6 is 0 Å². The van der Waals surface area contributed by atoms with Gasteiger partial charge in [-0.15, -0.1) is 0 Å². The highest BCUT2D eigenvalue weighted by Gasteiger charge is 2.12. The Bertz CT molecular complexity index is 444. The summed E-state index contributed by atoms with van der Waals surface area (Å²) in [6.07, 6.45) is 4.32. The van der Waals surface area contributed by atoms with E-state index in [0.717, 1.165) is 12.2 Å². The van der Waals surface area contributed by atoms with Crippen molar-refractivity contribution in [3.05, 3.63) is 35.9 Å². The average molecular weight is 230 g/mol. The highest BCUT2D eigenvalue weighted by molar-refractivity contribution is 5.87. The number of hydrogen-bond donors (Lipinski definition) is 0. The quantitative estimate of drug-likeness (QED) is 0.793. The largest absolute Gasteiger partial charge is 0.491 e. The van der Waals surface area contributed by atoms with Crippen LogP contribution in [0.1, 0.15) is 38.7 Å². The molecule has 17 heavy (non-hydrogen) atoms. The van der Waals surface area contributed by atoms with Crippen molar-refractivity contribution >= 4 is 11.4 Å². The Labute approximate surface area is 102 Å². The van der Waals surface area contributed by atoms with Crippen LogP contribution in [-0.4, -0.2) is 11.9 Å². The monoisotopic (exact) mass is 230 g/mol. The van der Waals surface area contributed by atoms with Gasteiger partial charge in [-0.1, -0.05) is 18.2 Å². The number of carbonyl (C=O) groups is 1. The van der Waals surface area contributed by atoms with Gasteiger partial charge in [-0.3, -0.25) is 4.79 Å². The van der Waals surface area contributed by atoms with Gasteiger partial charge in [-0.05, 0) is 43.5 Å². The van der Waals surface area contributed by atoms with Gasteiger partial charge in [0.05, 0.1) is 6.10 Å². The second kappa shape index (κ2) is 5.17. The van der Waals surface area contributed by atoms with Crippen LogP contribution in [0.5, 0.6) is 5.75 Å². The average Bonchev–Trinajstić information content (AvgIpc) is 2.29. The number of Topliss-reactive ketones (excluding diaryl/α,β-unsaturated/α-hetero) is 1. The summed E-state index contributed by atoms with van der Waals surface area (Å²) in [6, 6.07) is 8.11. The maximum absolute atomic E-state index is 11.2. The molecule has 0 aromatic heterocycles. The first-order chi connectivity index (χ1) is 8.15. The van der Waals surface area contributed by atoms with Gasteiger partial charge in [-0.25, -0.2) is 0 Å². The van der Waals surface area contributed by atoms with Crippen molar-refractivity contribution in [1.29, 1.82) is 0 Å². The third kappa shape index (κ3) is 3.19. The van der Waals surface area contributed by atoms with E-state index in [9.17, 15) is 4.79 Å². The third-order valence-corrected chi connectivity index (χ3v) is 2.83. The highest BCUT2D eigenvalue weighted by Crippen LogP contribution is 2.27. The summed E-state index contributed by atoms with van der Waals surface area (Å²) in [7, 11) is 0. The lowest BCUT2D eigenvalue weighted by molar-refractivity contribution is -0.118. The predicted octanol–water partition coefficient (Wildman–Crippen LogP) is 3.61. The predicted molar refractivity (Wildman–Crippen MR) is 69.0 cm³/mol. The van der Waals surface area contributed by atoms with E-state index in [0.29, 0.717) is 18.6 Å². The van der Waals surface area contributed by atoms with Gasteiger partial charge in [-0.2, -0.15) is 0 Å². The summed E-state index contributed by atoms with van der Waals surface area (Å²) in [5.74, 6) is 1.23. The van der Waals surface area contributed by atoms with Gasteiger partial charge in [0.1, 0.15) is 11.5 Å². The van der Waals surface area contributed by atoms with Gasteiger partial charge in [0.25, 0.3) is 0 Å². The Hall–Kier alpha value is -1.57. The molecule has 90 valence electrons. The van der Waals surface area contributed by atoms with E-state index in [-0.39, 0.29) is 6.10 Å². The zero-order valence-electron chi connectivity index (χ0n) is 10.4. The molecule has 1 aromatic rings. The number of allylic oxidation sites excluding steroid dienone is 2. The molecule has 0 amide bonds. The van der Waals surface area contributed by atoms with E-state index >= 15 is 0 Å². The fraction of sp³-hybridized carbons (Fsp3) is 0.400. The minimum atomic E-state index is 0.187. The lowest BCUT2D eigenvalue weighted by Crippen LogP contribution is -2.06. The van der Waals surface area contributed by atoms with Crippen molar-refractivity contribution in [3.8, 4) is 5.75 Å². The maximum atomic E-state index is 11.2. The maximum Gasteiger partial charge on any atom is 0.137 e. The van der Waals surface area contributed by atoms with Crippen molar-refractivity contribution in [2.24, 2.45) is 0 Å². The van der Waals surface area contributed by atoms with Crippen LogP contribution in [0.2, 0.25) is 0 Å². The van der Waals surface area contributed by atoms with Crippen molar-refractivity contribution in [2.45, 2.75) is 39.2 Å². The number of hydrogen-bond acceptors (Lipinski definition) is 2. The van der Waals surface area contributed by atoms with Crippen LogP contribution in [0.15, 0.2) is 30.3 Å². The molecule has 2 nitrogen and oxygen atoms in total. The van der Waals surface area contributed by atoms with Crippen LogP contribution in [-0.2, 0) is 4.79 Å². The number of rotatable bonds is 3. The Morgan fingerprint density at radius 1 is 1.24 bits per heavy atom. The molecule has 0 fully saturated rings.